The van der Waals surface area contributed by atoms with Crippen LogP contribution in [0.25, 0.3) is 0 Å². The minimum Gasteiger partial charge on any atom is -0.355 e. The molecule has 0 spiro atoms. The van der Waals surface area contributed by atoms with Crippen molar-refractivity contribution in [3.8, 4) is 0 Å². The van der Waals surface area contributed by atoms with Crippen molar-refractivity contribution in [3.63, 3.8) is 0 Å². The second-order valence-electron chi connectivity index (χ2n) is 6.13. The number of amides is 1. The highest BCUT2D eigenvalue weighted by molar-refractivity contribution is 5.91. The lowest BCUT2D eigenvalue weighted by molar-refractivity contribution is -0.123. The maximum Gasteiger partial charge on any atom is 0.230 e. The third kappa shape index (κ3) is 3.03. The Hall–Kier alpha value is -2.17. The molecule has 1 amide bonds. The van der Waals surface area contributed by atoms with Gasteiger partial charge in [-0.15, -0.1) is 0 Å². The minimum atomic E-state index is -0.445. The summed E-state index contributed by atoms with van der Waals surface area (Å²) in [6, 6.07) is 8.16. The van der Waals surface area contributed by atoms with E-state index in [4.69, 9.17) is 0 Å². The van der Waals surface area contributed by atoms with E-state index in [1.807, 2.05) is 16.9 Å². The Morgan fingerprint density at radius 1 is 1.41 bits per heavy atom. The number of benzene rings is 1. The Bertz CT molecular complexity index is 632. The molecule has 1 fully saturated rings. The van der Waals surface area contributed by atoms with E-state index < -0.39 is 5.41 Å². The molecule has 1 aromatic heterocycles. The Morgan fingerprint density at radius 2 is 2.14 bits per heavy atom. The molecule has 1 aromatic carbocycles. The van der Waals surface area contributed by atoms with Gasteiger partial charge in [0.2, 0.25) is 5.91 Å². The van der Waals surface area contributed by atoms with E-state index in [0.29, 0.717) is 12.5 Å². The third-order valence-corrected chi connectivity index (χ3v) is 4.25. The lowest BCUT2D eigenvalue weighted by Crippen LogP contribution is -2.38. The van der Waals surface area contributed by atoms with Crippen LogP contribution in [-0.2, 0) is 16.8 Å². The van der Waals surface area contributed by atoms with Gasteiger partial charge in [-0.2, -0.15) is 5.10 Å². The van der Waals surface area contributed by atoms with Gasteiger partial charge in [0.15, 0.2) is 0 Å². The lowest BCUT2D eigenvalue weighted by Gasteiger charge is -2.18. The highest BCUT2D eigenvalue weighted by atomic mass is 19.1. The van der Waals surface area contributed by atoms with Crippen LogP contribution in [0.15, 0.2) is 42.7 Å². The Labute approximate surface area is 129 Å². The molecule has 1 atom stereocenters. The zero-order valence-electron chi connectivity index (χ0n) is 12.6. The molecular weight excluding hydrogens is 281 g/mol. The van der Waals surface area contributed by atoms with Gasteiger partial charge >= 0.3 is 0 Å². The molecule has 1 N–H and O–H groups in total. The summed E-state index contributed by atoms with van der Waals surface area (Å²) in [5, 5.41) is 7.21. The van der Waals surface area contributed by atoms with Crippen LogP contribution in [0.3, 0.4) is 0 Å². The van der Waals surface area contributed by atoms with E-state index in [0.717, 1.165) is 24.9 Å². The highest BCUT2D eigenvalue weighted by Crippen LogP contribution is 2.48. The van der Waals surface area contributed by atoms with Crippen molar-refractivity contribution in [1.82, 2.24) is 15.1 Å². The third-order valence-electron chi connectivity index (χ3n) is 4.25. The van der Waals surface area contributed by atoms with E-state index in [1.165, 1.54) is 12.1 Å². The molecule has 0 radical (unpaired) electrons. The average molecular weight is 301 g/mol. The first-order chi connectivity index (χ1) is 10.6. The number of aromatic nitrogens is 2. The van der Waals surface area contributed by atoms with Gasteiger partial charge < -0.3 is 5.32 Å². The lowest BCUT2D eigenvalue weighted by atomic mass is 9.95. The molecule has 1 aliphatic carbocycles. The molecule has 2 aromatic rings. The summed E-state index contributed by atoms with van der Waals surface area (Å²) < 4.78 is 14.9. The van der Waals surface area contributed by atoms with E-state index in [-0.39, 0.29) is 11.7 Å². The van der Waals surface area contributed by atoms with Gasteiger partial charge in [-0.3, -0.25) is 9.48 Å². The number of carbonyl (C=O) groups excluding carboxylic acids is 1. The van der Waals surface area contributed by atoms with Gasteiger partial charge in [-0.05, 0) is 42.5 Å². The van der Waals surface area contributed by atoms with Crippen LogP contribution in [0.1, 0.15) is 25.3 Å². The summed E-state index contributed by atoms with van der Waals surface area (Å²) in [6.45, 7) is 3.47. The standard InChI is InChI=1S/C17H20FN3O/c1-13(12-21-10-2-9-20-21)11-19-16(22)17(7-8-17)14-3-5-15(18)6-4-14/h2-6,9-10,13H,7-8,11-12H2,1H3,(H,19,22). The van der Waals surface area contributed by atoms with E-state index in [2.05, 4.69) is 17.3 Å². The maximum absolute atomic E-state index is 13.0. The fraction of sp³-hybridized carbons (Fsp3) is 0.412. The largest absolute Gasteiger partial charge is 0.355 e. The highest BCUT2D eigenvalue weighted by Gasteiger charge is 2.51. The number of rotatable bonds is 6. The predicted octanol–water partition coefficient (Wildman–Crippen LogP) is 2.51. The summed E-state index contributed by atoms with van der Waals surface area (Å²) in [5.74, 6) is 0.0760. The van der Waals surface area contributed by atoms with Crippen molar-refractivity contribution in [2.24, 2.45) is 5.92 Å². The second kappa shape index (κ2) is 5.91. The molecule has 5 heteroatoms. The molecule has 116 valence electrons. The van der Waals surface area contributed by atoms with E-state index >= 15 is 0 Å². The average Bonchev–Trinajstić information content (AvgIpc) is 3.17. The number of hydrogen-bond acceptors (Lipinski definition) is 2. The zero-order valence-corrected chi connectivity index (χ0v) is 12.6. The van der Waals surface area contributed by atoms with Crippen LogP contribution in [0.5, 0.6) is 0 Å². The molecule has 0 bridgehead atoms. The summed E-state index contributed by atoms with van der Waals surface area (Å²) in [4.78, 5) is 12.5. The number of nitrogens with zero attached hydrogens (tertiary/aromatic N) is 2. The van der Waals surface area contributed by atoms with Gasteiger partial charge in [-0.25, -0.2) is 4.39 Å². The first-order valence-electron chi connectivity index (χ1n) is 7.62. The normalized spacial score (nSPS) is 17.0. The molecular formula is C17H20FN3O. The maximum atomic E-state index is 13.0. The van der Waals surface area contributed by atoms with Crippen molar-refractivity contribution in [2.45, 2.75) is 31.7 Å². The van der Waals surface area contributed by atoms with Gasteiger partial charge in [0.1, 0.15) is 5.82 Å². The Morgan fingerprint density at radius 3 is 2.73 bits per heavy atom. The molecule has 0 saturated heterocycles. The van der Waals surface area contributed by atoms with Gasteiger partial charge in [0.25, 0.3) is 0 Å². The number of nitrogens with one attached hydrogen (secondary N) is 1. The quantitative estimate of drug-likeness (QED) is 0.891. The van der Waals surface area contributed by atoms with Crippen LogP contribution in [0.2, 0.25) is 0 Å². The molecule has 0 aliphatic heterocycles. The number of halogens is 1. The van der Waals surface area contributed by atoms with Crippen LogP contribution in [0.4, 0.5) is 4.39 Å². The van der Waals surface area contributed by atoms with Crippen LogP contribution in [0, 0.1) is 11.7 Å². The van der Waals surface area contributed by atoms with Crippen molar-refractivity contribution in [1.29, 1.82) is 0 Å². The zero-order chi connectivity index (χ0) is 15.6. The molecule has 22 heavy (non-hydrogen) atoms. The van der Waals surface area contributed by atoms with Crippen molar-refractivity contribution in [3.05, 3.63) is 54.1 Å². The predicted molar refractivity (Wildman–Crippen MR) is 81.7 cm³/mol. The van der Waals surface area contributed by atoms with Gasteiger partial charge in [-0.1, -0.05) is 19.1 Å². The topological polar surface area (TPSA) is 46.9 Å². The van der Waals surface area contributed by atoms with Crippen LogP contribution < -0.4 is 5.32 Å². The summed E-state index contributed by atoms with van der Waals surface area (Å²) in [7, 11) is 0. The summed E-state index contributed by atoms with van der Waals surface area (Å²) in [6.07, 6.45) is 5.33. The van der Waals surface area contributed by atoms with Crippen molar-refractivity contribution >= 4 is 5.91 Å². The number of carbonyl (C=O) groups is 1. The number of hydrogen-bond donors (Lipinski definition) is 1. The van der Waals surface area contributed by atoms with Crippen LogP contribution in [-0.4, -0.2) is 22.2 Å². The molecule has 3 rings (SSSR count). The Balaban J connectivity index is 1.56. The van der Waals surface area contributed by atoms with Crippen molar-refractivity contribution < 1.29 is 9.18 Å². The Kier molecular flexibility index (Phi) is 3.96. The fourth-order valence-corrected chi connectivity index (χ4v) is 2.77. The summed E-state index contributed by atoms with van der Waals surface area (Å²) >= 11 is 0. The molecule has 1 heterocycles. The molecule has 1 aliphatic rings. The smallest absolute Gasteiger partial charge is 0.230 e. The van der Waals surface area contributed by atoms with E-state index in [9.17, 15) is 9.18 Å². The fourth-order valence-electron chi connectivity index (χ4n) is 2.77. The minimum absolute atomic E-state index is 0.0476. The summed E-state index contributed by atoms with van der Waals surface area (Å²) in [5.41, 5.74) is 0.463. The monoisotopic (exact) mass is 301 g/mol. The van der Waals surface area contributed by atoms with Crippen LogP contribution >= 0.6 is 0 Å². The molecule has 4 nitrogen and oxygen atoms in total. The van der Waals surface area contributed by atoms with Crippen molar-refractivity contribution in [2.75, 3.05) is 6.54 Å². The first kappa shape index (κ1) is 14.8. The second-order valence-corrected chi connectivity index (χ2v) is 6.13. The SMILES string of the molecule is CC(CNC(=O)C1(c2ccc(F)cc2)CC1)Cn1cccn1. The molecule has 1 saturated carbocycles. The molecule has 1 unspecified atom stereocenters. The van der Waals surface area contributed by atoms with E-state index in [1.54, 1.807) is 18.3 Å². The first-order valence-corrected chi connectivity index (χ1v) is 7.62. The van der Waals surface area contributed by atoms with Gasteiger partial charge in [0, 0.05) is 25.5 Å². The van der Waals surface area contributed by atoms with Gasteiger partial charge in [0.05, 0.1) is 5.41 Å².